The molecule has 2 aromatic carbocycles. The Morgan fingerprint density at radius 3 is 2.66 bits per heavy atom. The number of hydrogen-bond donors (Lipinski definition) is 0. The normalized spacial score (nSPS) is 13.1. The molecule has 2 atom stereocenters. The molecule has 0 saturated heterocycles. The smallest absolute Gasteiger partial charge is 0.347 e. The molecule has 0 unspecified atom stereocenters. The van der Waals surface area contributed by atoms with Crippen molar-refractivity contribution in [3.8, 4) is 5.75 Å². The summed E-state index contributed by atoms with van der Waals surface area (Å²) in [4.78, 5) is 40.8. The van der Waals surface area contributed by atoms with Crippen LogP contribution in [0.3, 0.4) is 0 Å². The molecule has 0 amide bonds. The van der Waals surface area contributed by atoms with Crippen molar-refractivity contribution in [3.05, 3.63) is 72.7 Å². The second-order valence-corrected chi connectivity index (χ2v) is 8.71. The predicted octanol–water partition coefficient (Wildman–Crippen LogP) is 4.79. The SMILES string of the molecule is CCOC(=O)[C@H](C)Oc1ccc([N+](=O)[O-])cc1C=Nn1c([C@H](C)CC)nc2ccc(Br)cc2c1=O. The van der Waals surface area contributed by atoms with Gasteiger partial charge in [-0.25, -0.2) is 9.78 Å². The Kier molecular flexibility index (Phi) is 8.34. The van der Waals surface area contributed by atoms with E-state index in [2.05, 4.69) is 26.0 Å². The average Bonchev–Trinajstić information content (AvgIpc) is 2.83. The summed E-state index contributed by atoms with van der Waals surface area (Å²) in [5.74, 6) is -0.0308. The van der Waals surface area contributed by atoms with E-state index in [4.69, 9.17) is 9.47 Å². The van der Waals surface area contributed by atoms with Crippen LogP contribution in [-0.2, 0) is 9.53 Å². The van der Waals surface area contributed by atoms with Crippen molar-refractivity contribution in [1.29, 1.82) is 0 Å². The highest BCUT2D eigenvalue weighted by Gasteiger charge is 2.20. The molecule has 3 rings (SSSR count). The molecule has 0 aliphatic rings. The number of esters is 1. The Bertz CT molecular complexity index is 1350. The Morgan fingerprint density at radius 2 is 2.00 bits per heavy atom. The number of hydrogen-bond acceptors (Lipinski definition) is 8. The van der Waals surface area contributed by atoms with Crippen molar-refractivity contribution in [2.24, 2.45) is 5.10 Å². The van der Waals surface area contributed by atoms with E-state index in [1.54, 1.807) is 25.1 Å². The van der Waals surface area contributed by atoms with Gasteiger partial charge in [0.25, 0.3) is 11.2 Å². The molecule has 3 aromatic rings. The summed E-state index contributed by atoms with van der Waals surface area (Å²) in [5, 5.41) is 16.1. The van der Waals surface area contributed by atoms with E-state index in [-0.39, 0.29) is 35.1 Å². The fourth-order valence-corrected chi connectivity index (χ4v) is 3.62. The lowest BCUT2D eigenvalue weighted by atomic mass is 10.1. The molecule has 0 N–H and O–H groups in total. The largest absolute Gasteiger partial charge is 0.478 e. The first-order valence-electron chi connectivity index (χ1n) is 11.0. The van der Waals surface area contributed by atoms with E-state index in [0.29, 0.717) is 23.1 Å². The standard InChI is InChI=1S/C24H25BrN4O6/c1-5-14(3)22-27-20-9-7-17(25)12-19(20)23(30)28(22)26-13-16-11-18(29(32)33)8-10-21(16)35-15(4)24(31)34-6-2/h7-15H,5-6H2,1-4H3/t14-,15+/m1/s1. The van der Waals surface area contributed by atoms with Crippen LogP contribution in [-0.4, -0.2) is 39.5 Å². The molecule has 0 fully saturated rings. The van der Waals surface area contributed by atoms with Crippen LogP contribution in [0.1, 0.15) is 51.4 Å². The topological polar surface area (TPSA) is 126 Å². The first-order valence-corrected chi connectivity index (χ1v) is 11.8. The number of rotatable bonds is 9. The minimum atomic E-state index is -0.957. The van der Waals surface area contributed by atoms with Gasteiger partial charge in [-0.3, -0.25) is 14.9 Å². The first kappa shape index (κ1) is 26.0. The first-order chi connectivity index (χ1) is 16.7. The Labute approximate surface area is 209 Å². The zero-order valence-electron chi connectivity index (χ0n) is 19.7. The maximum absolute atomic E-state index is 13.3. The number of nitro benzene ring substituents is 1. The molecule has 1 heterocycles. The van der Waals surface area contributed by atoms with Crippen LogP contribution in [0.25, 0.3) is 10.9 Å². The molecule has 184 valence electrons. The zero-order chi connectivity index (χ0) is 25.7. The molecule has 0 bridgehead atoms. The Morgan fingerprint density at radius 1 is 1.26 bits per heavy atom. The van der Waals surface area contributed by atoms with Crippen LogP contribution < -0.4 is 10.3 Å². The monoisotopic (exact) mass is 544 g/mol. The summed E-state index contributed by atoms with van der Waals surface area (Å²) in [6.45, 7) is 7.28. The lowest BCUT2D eigenvalue weighted by Gasteiger charge is -2.16. The van der Waals surface area contributed by atoms with E-state index in [9.17, 15) is 19.7 Å². The maximum Gasteiger partial charge on any atom is 0.347 e. The van der Waals surface area contributed by atoms with Crippen LogP contribution in [0.2, 0.25) is 0 Å². The molecule has 0 radical (unpaired) electrons. The molecule has 0 aliphatic heterocycles. The van der Waals surface area contributed by atoms with Crippen LogP contribution >= 0.6 is 15.9 Å². The third-order valence-corrected chi connectivity index (χ3v) is 5.82. The third-order valence-electron chi connectivity index (χ3n) is 5.33. The van der Waals surface area contributed by atoms with Crippen molar-refractivity contribution < 1.29 is 19.2 Å². The molecule has 1 aromatic heterocycles. The number of nitro groups is 1. The van der Waals surface area contributed by atoms with Crippen molar-refractivity contribution in [2.75, 3.05) is 6.61 Å². The maximum atomic E-state index is 13.3. The Balaban J connectivity index is 2.14. The van der Waals surface area contributed by atoms with E-state index in [0.717, 1.165) is 4.47 Å². The van der Waals surface area contributed by atoms with Crippen molar-refractivity contribution in [2.45, 2.75) is 46.1 Å². The van der Waals surface area contributed by atoms with Gasteiger partial charge in [-0.2, -0.15) is 9.78 Å². The summed E-state index contributed by atoms with van der Waals surface area (Å²) < 4.78 is 12.6. The summed E-state index contributed by atoms with van der Waals surface area (Å²) >= 11 is 3.37. The number of halogens is 1. The van der Waals surface area contributed by atoms with Gasteiger partial charge in [0, 0.05) is 28.1 Å². The van der Waals surface area contributed by atoms with Gasteiger partial charge < -0.3 is 9.47 Å². The number of benzene rings is 2. The quantitative estimate of drug-likeness (QED) is 0.164. The van der Waals surface area contributed by atoms with Gasteiger partial charge >= 0.3 is 5.97 Å². The lowest BCUT2D eigenvalue weighted by molar-refractivity contribution is -0.384. The number of carbonyl (C=O) groups is 1. The van der Waals surface area contributed by atoms with Gasteiger partial charge in [0.15, 0.2) is 6.10 Å². The van der Waals surface area contributed by atoms with E-state index in [1.807, 2.05) is 13.8 Å². The van der Waals surface area contributed by atoms with E-state index in [1.165, 1.54) is 36.0 Å². The summed E-state index contributed by atoms with van der Waals surface area (Å²) in [7, 11) is 0. The highest BCUT2D eigenvalue weighted by Crippen LogP contribution is 2.25. The highest BCUT2D eigenvalue weighted by atomic mass is 79.9. The molecular weight excluding hydrogens is 520 g/mol. The summed E-state index contributed by atoms with van der Waals surface area (Å²) in [5.41, 5.74) is 0.183. The molecule has 0 spiro atoms. The van der Waals surface area contributed by atoms with Gasteiger partial charge in [-0.05, 0) is 44.5 Å². The van der Waals surface area contributed by atoms with Gasteiger partial charge in [0.2, 0.25) is 0 Å². The van der Waals surface area contributed by atoms with Crippen LogP contribution in [0.4, 0.5) is 5.69 Å². The molecule has 11 heteroatoms. The van der Waals surface area contributed by atoms with Gasteiger partial charge in [-0.15, -0.1) is 0 Å². The van der Waals surface area contributed by atoms with E-state index >= 15 is 0 Å². The number of carbonyl (C=O) groups excluding carboxylic acids is 1. The van der Waals surface area contributed by atoms with Gasteiger partial charge in [0.05, 0.1) is 28.6 Å². The van der Waals surface area contributed by atoms with Crippen molar-refractivity contribution in [1.82, 2.24) is 9.66 Å². The summed E-state index contributed by atoms with van der Waals surface area (Å²) in [6, 6.07) is 9.12. The lowest BCUT2D eigenvalue weighted by Crippen LogP contribution is -2.26. The number of nitrogens with zero attached hydrogens (tertiary/aromatic N) is 4. The molecule has 0 saturated carbocycles. The molecular formula is C24H25BrN4O6. The number of ether oxygens (including phenoxy) is 2. The van der Waals surface area contributed by atoms with Crippen LogP contribution in [0.15, 0.2) is 50.8 Å². The molecule has 35 heavy (non-hydrogen) atoms. The highest BCUT2D eigenvalue weighted by molar-refractivity contribution is 9.10. The van der Waals surface area contributed by atoms with Gasteiger partial charge in [-0.1, -0.05) is 29.8 Å². The molecule has 10 nitrogen and oxygen atoms in total. The second-order valence-electron chi connectivity index (χ2n) is 7.79. The fourth-order valence-electron chi connectivity index (χ4n) is 3.25. The number of fused-ring (bicyclic) bond motifs is 1. The minimum Gasteiger partial charge on any atom is -0.478 e. The fraction of sp³-hybridized carbons (Fsp3) is 0.333. The number of aromatic nitrogens is 2. The van der Waals surface area contributed by atoms with Crippen LogP contribution in [0, 0.1) is 10.1 Å². The van der Waals surface area contributed by atoms with Crippen molar-refractivity contribution >= 4 is 44.7 Å². The molecule has 0 aliphatic carbocycles. The third kappa shape index (κ3) is 5.91. The van der Waals surface area contributed by atoms with Gasteiger partial charge in [0.1, 0.15) is 11.6 Å². The van der Waals surface area contributed by atoms with Crippen molar-refractivity contribution in [3.63, 3.8) is 0 Å². The second kappa shape index (κ2) is 11.2. The van der Waals surface area contributed by atoms with E-state index < -0.39 is 17.0 Å². The predicted molar refractivity (Wildman–Crippen MR) is 135 cm³/mol. The Hall–Kier alpha value is -3.60. The summed E-state index contributed by atoms with van der Waals surface area (Å²) in [6.07, 6.45) is 1.05. The average molecular weight is 545 g/mol. The minimum absolute atomic E-state index is 0.0856. The number of non-ortho nitro benzene ring substituents is 1. The van der Waals surface area contributed by atoms with Crippen LogP contribution in [0.5, 0.6) is 5.75 Å². The zero-order valence-corrected chi connectivity index (χ0v) is 21.3.